The van der Waals surface area contributed by atoms with Crippen molar-refractivity contribution in [1.29, 1.82) is 0 Å². The van der Waals surface area contributed by atoms with Gasteiger partial charge in [-0.3, -0.25) is 9.52 Å². The van der Waals surface area contributed by atoms with Crippen LogP contribution in [0.2, 0.25) is 0 Å². The number of sulfonamides is 1. The third-order valence-electron chi connectivity index (χ3n) is 1.94. The van der Waals surface area contributed by atoms with Crippen molar-refractivity contribution in [2.75, 3.05) is 23.7 Å². The summed E-state index contributed by atoms with van der Waals surface area (Å²) in [6.07, 6.45) is 1.36. The van der Waals surface area contributed by atoms with Crippen molar-refractivity contribution in [1.82, 2.24) is 4.98 Å². The summed E-state index contributed by atoms with van der Waals surface area (Å²) in [4.78, 5) is 15.0. The highest BCUT2D eigenvalue weighted by molar-refractivity contribution is 7.93. The monoisotopic (exact) mass is 298 g/mol. The second-order valence-corrected chi connectivity index (χ2v) is 5.28. The number of nitrogens with one attached hydrogen (secondary N) is 1. The van der Waals surface area contributed by atoms with E-state index in [1.165, 1.54) is 12.3 Å². The molecular formula is C12H14N2O5S. The standard InChI is InChI=1S/C12H14N2O5S/c1-2-19-12(16)9-20(17,18)14-11-8-10(4-3-7-15)5-6-13-11/h5-6,8,15H,2,7,9H2,1H3,(H,13,14). The summed E-state index contributed by atoms with van der Waals surface area (Å²) in [6, 6.07) is 2.96. The zero-order valence-corrected chi connectivity index (χ0v) is 11.6. The summed E-state index contributed by atoms with van der Waals surface area (Å²) >= 11 is 0. The minimum absolute atomic E-state index is 0.0408. The number of aliphatic hydroxyl groups is 1. The first-order valence-electron chi connectivity index (χ1n) is 5.68. The van der Waals surface area contributed by atoms with Crippen LogP contribution in [0.15, 0.2) is 18.3 Å². The molecule has 7 nitrogen and oxygen atoms in total. The topological polar surface area (TPSA) is 106 Å². The molecule has 0 bridgehead atoms. The fourth-order valence-electron chi connectivity index (χ4n) is 1.26. The first-order chi connectivity index (χ1) is 9.46. The van der Waals surface area contributed by atoms with E-state index in [0.717, 1.165) is 0 Å². The van der Waals surface area contributed by atoms with Crippen LogP contribution in [0.3, 0.4) is 0 Å². The Hall–Kier alpha value is -2.11. The van der Waals surface area contributed by atoms with Crippen LogP contribution < -0.4 is 4.72 Å². The number of esters is 1. The number of hydrogen-bond acceptors (Lipinski definition) is 6. The molecule has 2 N–H and O–H groups in total. The normalized spacial score (nSPS) is 10.3. The molecule has 1 aromatic heterocycles. The Morgan fingerprint density at radius 3 is 2.95 bits per heavy atom. The average Bonchev–Trinajstić information content (AvgIpc) is 2.35. The molecule has 1 heterocycles. The second kappa shape index (κ2) is 7.47. The van der Waals surface area contributed by atoms with Crippen LogP contribution in [0.1, 0.15) is 12.5 Å². The summed E-state index contributed by atoms with van der Waals surface area (Å²) in [5, 5.41) is 8.58. The fraction of sp³-hybridized carbons (Fsp3) is 0.333. The van der Waals surface area contributed by atoms with Crippen LogP contribution >= 0.6 is 0 Å². The van der Waals surface area contributed by atoms with Crippen LogP contribution in [0.5, 0.6) is 0 Å². The molecule has 0 saturated carbocycles. The number of carbonyl (C=O) groups is 1. The van der Waals surface area contributed by atoms with Gasteiger partial charge >= 0.3 is 5.97 Å². The Balaban J connectivity index is 2.79. The van der Waals surface area contributed by atoms with Crippen LogP contribution in [0, 0.1) is 11.8 Å². The molecule has 1 rings (SSSR count). The first-order valence-corrected chi connectivity index (χ1v) is 7.34. The Morgan fingerprint density at radius 1 is 1.55 bits per heavy atom. The second-order valence-electron chi connectivity index (χ2n) is 3.56. The minimum Gasteiger partial charge on any atom is -0.465 e. The van der Waals surface area contributed by atoms with Gasteiger partial charge in [0.15, 0.2) is 5.75 Å². The van der Waals surface area contributed by atoms with Crippen molar-refractivity contribution in [2.24, 2.45) is 0 Å². The lowest BCUT2D eigenvalue weighted by molar-refractivity contribution is -0.139. The number of rotatable bonds is 5. The molecule has 0 saturated heterocycles. The maximum atomic E-state index is 11.7. The number of aromatic nitrogens is 1. The molecule has 0 radical (unpaired) electrons. The highest BCUT2D eigenvalue weighted by Gasteiger charge is 2.17. The highest BCUT2D eigenvalue weighted by atomic mass is 32.2. The molecule has 0 aliphatic heterocycles. The maximum absolute atomic E-state index is 11.7. The van der Waals surface area contributed by atoms with Gasteiger partial charge in [0.05, 0.1) is 6.61 Å². The van der Waals surface area contributed by atoms with Crippen molar-refractivity contribution >= 4 is 21.8 Å². The predicted octanol–water partition coefficient (Wildman–Crippen LogP) is -0.270. The zero-order valence-electron chi connectivity index (χ0n) is 10.8. The molecule has 0 aliphatic rings. The van der Waals surface area contributed by atoms with Gasteiger partial charge in [-0.1, -0.05) is 11.8 Å². The third kappa shape index (κ3) is 5.69. The minimum atomic E-state index is -3.88. The van der Waals surface area contributed by atoms with Crippen LogP contribution in [0.25, 0.3) is 0 Å². The van der Waals surface area contributed by atoms with E-state index in [1.54, 1.807) is 13.0 Å². The lowest BCUT2D eigenvalue weighted by atomic mass is 10.2. The lowest BCUT2D eigenvalue weighted by Gasteiger charge is -2.06. The van der Waals surface area contributed by atoms with E-state index in [2.05, 4.69) is 26.3 Å². The summed E-state index contributed by atoms with van der Waals surface area (Å²) in [6.45, 7) is 1.40. The van der Waals surface area contributed by atoms with Crippen LogP contribution in [-0.2, 0) is 19.6 Å². The zero-order chi connectivity index (χ0) is 15.0. The van der Waals surface area contributed by atoms with E-state index in [0.29, 0.717) is 5.56 Å². The molecule has 0 aromatic carbocycles. The quantitative estimate of drug-likeness (QED) is 0.572. The Labute approximate surface area is 117 Å². The smallest absolute Gasteiger partial charge is 0.323 e. The van der Waals surface area contributed by atoms with Crippen molar-refractivity contribution < 1.29 is 23.1 Å². The van der Waals surface area contributed by atoms with E-state index in [4.69, 9.17) is 5.11 Å². The maximum Gasteiger partial charge on any atom is 0.323 e. The van der Waals surface area contributed by atoms with E-state index < -0.39 is 21.7 Å². The van der Waals surface area contributed by atoms with E-state index in [9.17, 15) is 13.2 Å². The Bertz CT molecular complexity index is 631. The van der Waals surface area contributed by atoms with Crippen molar-refractivity contribution in [2.45, 2.75) is 6.92 Å². The molecule has 20 heavy (non-hydrogen) atoms. The Kier molecular flexibility index (Phi) is 5.96. The number of anilines is 1. The highest BCUT2D eigenvalue weighted by Crippen LogP contribution is 2.08. The summed E-state index contributed by atoms with van der Waals surface area (Å²) in [5.74, 6) is 3.47. The SMILES string of the molecule is CCOC(=O)CS(=O)(=O)Nc1cc(C#CCO)ccn1. The number of aliphatic hydroxyl groups excluding tert-OH is 1. The molecule has 8 heteroatoms. The molecule has 0 spiro atoms. The number of ether oxygens (including phenoxy) is 1. The van der Waals surface area contributed by atoms with Crippen LogP contribution in [-0.4, -0.2) is 43.4 Å². The molecule has 0 amide bonds. The number of carbonyl (C=O) groups excluding carboxylic acids is 1. The molecular weight excluding hydrogens is 284 g/mol. The molecule has 0 aliphatic carbocycles. The van der Waals surface area contributed by atoms with Gasteiger partial charge in [0.25, 0.3) is 0 Å². The van der Waals surface area contributed by atoms with Gasteiger partial charge in [-0.05, 0) is 19.1 Å². The summed E-state index contributed by atoms with van der Waals surface area (Å²) in [5.41, 5.74) is 0.489. The van der Waals surface area contributed by atoms with E-state index in [1.807, 2.05) is 0 Å². The van der Waals surface area contributed by atoms with Crippen molar-refractivity contribution in [3.63, 3.8) is 0 Å². The van der Waals surface area contributed by atoms with Gasteiger partial charge in [0.1, 0.15) is 12.4 Å². The fourth-order valence-corrected chi connectivity index (χ4v) is 2.15. The van der Waals surface area contributed by atoms with E-state index >= 15 is 0 Å². The summed E-state index contributed by atoms with van der Waals surface area (Å²) in [7, 11) is -3.88. The summed E-state index contributed by atoms with van der Waals surface area (Å²) < 4.78 is 30.1. The molecule has 0 fully saturated rings. The van der Waals surface area contributed by atoms with Gasteiger partial charge in [-0.15, -0.1) is 0 Å². The lowest BCUT2D eigenvalue weighted by Crippen LogP contribution is -2.24. The van der Waals surface area contributed by atoms with Crippen LogP contribution in [0.4, 0.5) is 5.82 Å². The predicted molar refractivity (Wildman–Crippen MR) is 72.2 cm³/mol. The number of nitrogens with zero attached hydrogens (tertiary/aromatic N) is 1. The molecule has 1 aromatic rings. The molecule has 108 valence electrons. The van der Waals surface area contributed by atoms with Gasteiger partial charge in [0, 0.05) is 11.8 Å². The van der Waals surface area contributed by atoms with Gasteiger partial charge in [-0.2, -0.15) is 0 Å². The molecule has 0 unspecified atom stereocenters. The third-order valence-corrected chi connectivity index (χ3v) is 3.08. The van der Waals surface area contributed by atoms with Gasteiger partial charge < -0.3 is 9.84 Å². The van der Waals surface area contributed by atoms with E-state index in [-0.39, 0.29) is 19.0 Å². The average molecular weight is 298 g/mol. The molecule has 0 atom stereocenters. The first kappa shape index (κ1) is 15.9. The van der Waals surface area contributed by atoms with Gasteiger partial charge in [0.2, 0.25) is 10.0 Å². The number of hydrogen-bond donors (Lipinski definition) is 2. The largest absolute Gasteiger partial charge is 0.465 e. The van der Waals surface area contributed by atoms with Crippen molar-refractivity contribution in [3.05, 3.63) is 23.9 Å². The van der Waals surface area contributed by atoms with Crippen molar-refractivity contribution in [3.8, 4) is 11.8 Å². The number of pyridine rings is 1. The van der Waals surface area contributed by atoms with Gasteiger partial charge in [-0.25, -0.2) is 13.4 Å². The Morgan fingerprint density at radius 2 is 2.30 bits per heavy atom.